The molecule has 6 heteroatoms. The molecule has 1 saturated carbocycles. The van der Waals surface area contributed by atoms with E-state index in [4.69, 9.17) is 12.2 Å². The highest BCUT2D eigenvalue weighted by Gasteiger charge is 2.34. The van der Waals surface area contributed by atoms with Gasteiger partial charge in [0.15, 0.2) is 5.11 Å². The van der Waals surface area contributed by atoms with Crippen molar-refractivity contribution < 1.29 is 9.18 Å². The SMILES string of the molecule is O=C(C1CC1)N1CCN(C(=S)Nc2ccc(F)cc2)CC1. The number of halogens is 1. The molecule has 21 heavy (non-hydrogen) atoms. The van der Waals surface area contributed by atoms with Crippen molar-refractivity contribution in [1.29, 1.82) is 0 Å². The van der Waals surface area contributed by atoms with E-state index >= 15 is 0 Å². The van der Waals surface area contributed by atoms with Gasteiger partial charge in [-0.05, 0) is 49.3 Å². The summed E-state index contributed by atoms with van der Waals surface area (Å²) in [6, 6.07) is 6.12. The molecule has 0 radical (unpaired) electrons. The second kappa shape index (κ2) is 5.97. The van der Waals surface area contributed by atoms with Gasteiger partial charge in [-0.2, -0.15) is 0 Å². The third-order valence-corrected chi connectivity index (χ3v) is 4.26. The van der Waals surface area contributed by atoms with Gasteiger partial charge in [0.1, 0.15) is 5.82 Å². The Balaban J connectivity index is 1.50. The molecule has 0 spiro atoms. The number of rotatable bonds is 2. The molecule has 112 valence electrons. The Morgan fingerprint density at radius 3 is 2.24 bits per heavy atom. The van der Waals surface area contributed by atoms with Crippen LogP contribution in [0.1, 0.15) is 12.8 Å². The highest BCUT2D eigenvalue weighted by atomic mass is 32.1. The van der Waals surface area contributed by atoms with Crippen molar-refractivity contribution in [2.75, 3.05) is 31.5 Å². The fourth-order valence-electron chi connectivity index (χ4n) is 2.45. The Labute approximate surface area is 128 Å². The summed E-state index contributed by atoms with van der Waals surface area (Å²) in [6.45, 7) is 2.93. The molecule has 2 aliphatic rings. The zero-order valence-electron chi connectivity index (χ0n) is 11.7. The summed E-state index contributed by atoms with van der Waals surface area (Å²) in [4.78, 5) is 16.0. The standard InChI is InChI=1S/C15H18FN3OS/c16-12-3-5-13(6-4-12)17-15(21)19-9-7-18(8-10-19)14(20)11-1-2-11/h3-6,11H,1-2,7-10H2,(H,17,21). The number of anilines is 1. The Hall–Kier alpha value is -1.69. The molecular weight excluding hydrogens is 289 g/mol. The summed E-state index contributed by atoms with van der Waals surface area (Å²) >= 11 is 5.37. The Morgan fingerprint density at radius 1 is 1.10 bits per heavy atom. The molecule has 3 rings (SSSR count). The second-order valence-electron chi connectivity index (χ2n) is 5.52. The first kappa shape index (κ1) is 14.3. The van der Waals surface area contributed by atoms with Gasteiger partial charge in [0.25, 0.3) is 0 Å². The zero-order valence-corrected chi connectivity index (χ0v) is 12.5. The minimum Gasteiger partial charge on any atom is -0.345 e. The summed E-state index contributed by atoms with van der Waals surface area (Å²) in [5.41, 5.74) is 0.776. The van der Waals surface area contributed by atoms with Crippen LogP contribution in [0, 0.1) is 11.7 Å². The third kappa shape index (κ3) is 3.50. The number of carbonyl (C=O) groups excluding carboxylic acids is 1. The maximum Gasteiger partial charge on any atom is 0.225 e. The minimum atomic E-state index is -0.265. The summed E-state index contributed by atoms with van der Waals surface area (Å²) < 4.78 is 12.9. The van der Waals surface area contributed by atoms with Crippen molar-refractivity contribution in [3.8, 4) is 0 Å². The molecule has 1 aromatic carbocycles. The van der Waals surface area contributed by atoms with Gasteiger partial charge < -0.3 is 15.1 Å². The quantitative estimate of drug-likeness (QED) is 0.849. The predicted octanol–water partition coefficient (Wildman–Crippen LogP) is 2.08. The van der Waals surface area contributed by atoms with Crippen molar-refractivity contribution in [3.05, 3.63) is 30.1 Å². The van der Waals surface area contributed by atoms with Crippen LogP contribution in [0.4, 0.5) is 10.1 Å². The van der Waals surface area contributed by atoms with Crippen LogP contribution in [0.3, 0.4) is 0 Å². The lowest BCUT2D eigenvalue weighted by atomic mass is 10.2. The molecule has 0 unspecified atom stereocenters. The van der Waals surface area contributed by atoms with E-state index in [0.717, 1.165) is 44.7 Å². The van der Waals surface area contributed by atoms with Gasteiger partial charge in [-0.25, -0.2) is 4.39 Å². The van der Waals surface area contributed by atoms with E-state index in [2.05, 4.69) is 10.2 Å². The van der Waals surface area contributed by atoms with E-state index in [1.54, 1.807) is 12.1 Å². The third-order valence-electron chi connectivity index (χ3n) is 3.90. The van der Waals surface area contributed by atoms with Crippen molar-refractivity contribution in [3.63, 3.8) is 0 Å². The fourth-order valence-corrected chi connectivity index (χ4v) is 2.75. The Morgan fingerprint density at radius 2 is 1.67 bits per heavy atom. The second-order valence-corrected chi connectivity index (χ2v) is 5.91. The van der Waals surface area contributed by atoms with E-state index in [1.807, 2.05) is 4.90 Å². The molecule has 1 aliphatic heterocycles. The highest BCUT2D eigenvalue weighted by molar-refractivity contribution is 7.80. The van der Waals surface area contributed by atoms with Gasteiger partial charge >= 0.3 is 0 Å². The number of hydrogen-bond donors (Lipinski definition) is 1. The van der Waals surface area contributed by atoms with Crippen molar-refractivity contribution >= 4 is 28.9 Å². The van der Waals surface area contributed by atoms with Crippen LogP contribution in [-0.4, -0.2) is 47.0 Å². The van der Waals surface area contributed by atoms with Gasteiger partial charge in [0, 0.05) is 37.8 Å². The predicted molar refractivity (Wildman–Crippen MR) is 83.5 cm³/mol. The van der Waals surface area contributed by atoms with Crippen LogP contribution in [-0.2, 0) is 4.79 Å². The van der Waals surface area contributed by atoms with E-state index in [9.17, 15) is 9.18 Å². The molecule has 4 nitrogen and oxygen atoms in total. The Kier molecular flexibility index (Phi) is 4.05. The fraction of sp³-hybridized carbons (Fsp3) is 0.467. The van der Waals surface area contributed by atoms with E-state index < -0.39 is 0 Å². The van der Waals surface area contributed by atoms with Crippen molar-refractivity contribution in [1.82, 2.24) is 9.80 Å². The topological polar surface area (TPSA) is 35.6 Å². The number of benzene rings is 1. The number of nitrogens with one attached hydrogen (secondary N) is 1. The number of thiocarbonyl (C=S) groups is 1. The summed E-state index contributed by atoms with van der Waals surface area (Å²) in [6.07, 6.45) is 2.09. The molecule has 1 amide bonds. The maximum atomic E-state index is 12.9. The number of hydrogen-bond acceptors (Lipinski definition) is 2. The lowest BCUT2D eigenvalue weighted by Crippen LogP contribution is -2.52. The monoisotopic (exact) mass is 307 g/mol. The van der Waals surface area contributed by atoms with Gasteiger partial charge in [-0.15, -0.1) is 0 Å². The molecule has 1 N–H and O–H groups in total. The first-order valence-electron chi connectivity index (χ1n) is 7.24. The van der Waals surface area contributed by atoms with Gasteiger partial charge in [0.2, 0.25) is 5.91 Å². The summed E-state index contributed by atoms with van der Waals surface area (Å²) in [5.74, 6) is 0.312. The van der Waals surface area contributed by atoms with Crippen molar-refractivity contribution in [2.45, 2.75) is 12.8 Å². The molecule has 1 aromatic rings. The van der Waals surface area contributed by atoms with E-state index in [0.29, 0.717) is 11.0 Å². The minimum absolute atomic E-state index is 0.265. The average Bonchev–Trinajstić information content (AvgIpc) is 3.34. The first-order chi connectivity index (χ1) is 10.1. The molecular formula is C15H18FN3OS. The first-order valence-corrected chi connectivity index (χ1v) is 7.64. The van der Waals surface area contributed by atoms with E-state index in [1.165, 1.54) is 12.1 Å². The molecule has 1 heterocycles. The largest absolute Gasteiger partial charge is 0.345 e. The number of nitrogens with zero attached hydrogens (tertiary/aromatic N) is 2. The molecule has 1 saturated heterocycles. The van der Waals surface area contributed by atoms with Crippen LogP contribution < -0.4 is 5.32 Å². The molecule has 0 atom stereocenters. The number of amides is 1. The van der Waals surface area contributed by atoms with Crippen LogP contribution in [0.2, 0.25) is 0 Å². The van der Waals surface area contributed by atoms with Crippen LogP contribution in [0.25, 0.3) is 0 Å². The van der Waals surface area contributed by atoms with Crippen LogP contribution in [0.5, 0.6) is 0 Å². The highest BCUT2D eigenvalue weighted by Crippen LogP contribution is 2.31. The molecule has 1 aliphatic carbocycles. The maximum absolute atomic E-state index is 12.9. The number of piperazine rings is 1. The molecule has 2 fully saturated rings. The average molecular weight is 307 g/mol. The van der Waals surface area contributed by atoms with Crippen molar-refractivity contribution in [2.24, 2.45) is 5.92 Å². The molecule has 0 bridgehead atoms. The smallest absolute Gasteiger partial charge is 0.225 e. The van der Waals surface area contributed by atoms with Crippen LogP contribution in [0.15, 0.2) is 24.3 Å². The lowest BCUT2D eigenvalue weighted by Gasteiger charge is -2.36. The van der Waals surface area contributed by atoms with Gasteiger partial charge in [0.05, 0.1) is 0 Å². The zero-order chi connectivity index (χ0) is 14.8. The summed E-state index contributed by atoms with van der Waals surface area (Å²) in [5, 5.41) is 3.73. The van der Waals surface area contributed by atoms with Crippen LogP contribution >= 0.6 is 12.2 Å². The van der Waals surface area contributed by atoms with E-state index in [-0.39, 0.29) is 11.7 Å². The lowest BCUT2D eigenvalue weighted by molar-refractivity contribution is -0.133. The van der Waals surface area contributed by atoms with Gasteiger partial charge in [-0.1, -0.05) is 0 Å². The Bertz CT molecular complexity index is 536. The normalized spacial score (nSPS) is 18.5. The molecule has 0 aromatic heterocycles. The summed E-state index contributed by atoms with van der Waals surface area (Å²) in [7, 11) is 0. The number of carbonyl (C=O) groups is 1. The van der Waals surface area contributed by atoms with Gasteiger partial charge in [-0.3, -0.25) is 4.79 Å².